The summed E-state index contributed by atoms with van der Waals surface area (Å²) in [7, 11) is 0. The van der Waals surface area contributed by atoms with E-state index in [0.717, 1.165) is 11.8 Å². The van der Waals surface area contributed by atoms with Gasteiger partial charge in [-0.25, -0.2) is 9.59 Å². The van der Waals surface area contributed by atoms with Crippen LogP contribution in [0.25, 0.3) is 0 Å². The second-order valence-corrected chi connectivity index (χ2v) is 8.06. The number of carbonyl (C=O) groups is 2. The molecule has 3 aliphatic heterocycles. The van der Waals surface area contributed by atoms with Crippen LogP contribution in [0.3, 0.4) is 0 Å². The van der Waals surface area contributed by atoms with Gasteiger partial charge in [0.2, 0.25) is 6.29 Å². The monoisotopic (exact) mass is 446 g/mol. The molecule has 4 rings (SSSR count). The number of hydrogen-bond acceptors (Lipinski definition) is 12. The lowest BCUT2D eigenvalue weighted by molar-refractivity contribution is -0.339. The number of thioether (sulfide) groups is 1. The molecule has 2 saturated heterocycles. The topological polar surface area (TPSA) is 161 Å². The lowest BCUT2D eigenvalue weighted by Gasteiger charge is -2.42. The molecule has 4 aliphatic rings. The highest BCUT2D eigenvalue weighted by atomic mass is 32.2. The summed E-state index contributed by atoms with van der Waals surface area (Å²) < 4.78 is 27.2. The number of esters is 1. The first kappa shape index (κ1) is 21.6. The van der Waals surface area contributed by atoms with Gasteiger partial charge in [-0.2, -0.15) is 0 Å². The van der Waals surface area contributed by atoms with Gasteiger partial charge in [0.1, 0.15) is 37.1 Å². The minimum absolute atomic E-state index is 0.0694. The van der Waals surface area contributed by atoms with Crippen molar-refractivity contribution in [3.63, 3.8) is 0 Å². The summed E-state index contributed by atoms with van der Waals surface area (Å²) in [6, 6.07) is 0. The highest BCUT2D eigenvalue weighted by molar-refractivity contribution is 8.12. The Morgan fingerprint density at radius 1 is 1.17 bits per heavy atom. The zero-order valence-corrected chi connectivity index (χ0v) is 16.6. The van der Waals surface area contributed by atoms with E-state index in [-0.39, 0.29) is 6.61 Å². The van der Waals surface area contributed by atoms with Crippen LogP contribution in [-0.4, -0.2) is 94.3 Å². The quantitative estimate of drug-likeness (QED) is 0.290. The first-order valence-electron chi connectivity index (χ1n) is 9.29. The van der Waals surface area contributed by atoms with E-state index in [0.29, 0.717) is 11.1 Å². The Hall–Kier alpha value is -1.67. The van der Waals surface area contributed by atoms with Gasteiger partial charge < -0.3 is 44.1 Å². The summed E-state index contributed by atoms with van der Waals surface area (Å²) in [5, 5.41) is 39.0. The maximum atomic E-state index is 12.0. The molecule has 1 aliphatic carbocycles. The third-order valence-electron chi connectivity index (χ3n) is 5.65. The maximum absolute atomic E-state index is 12.0. The van der Waals surface area contributed by atoms with Crippen LogP contribution in [0, 0.1) is 11.8 Å². The third-order valence-corrected chi connectivity index (χ3v) is 6.10. The van der Waals surface area contributed by atoms with Crippen molar-refractivity contribution in [3.8, 4) is 0 Å². The zero-order chi connectivity index (χ0) is 21.6. The molecular weight excluding hydrogens is 424 g/mol. The second kappa shape index (κ2) is 8.46. The van der Waals surface area contributed by atoms with Crippen LogP contribution >= 0.6 is 11.8 Å². The summed E-state index contributed by atoms with van der Waals surface area (Å²) in [5.41, 5.74) is 0.932. The average Bonchev–Trinajstić information content (AvgIpc) is 3.26. The number of aliphatic hydroxyl groups excluding tert-OH is 4. The minimum Gasteiger partial charge on any atom is -0.471 e. The number of rotatable bonds is 5. The summed E-state index contributed by atoms with van der Waals surface area (Å²) in [6.45, 7) is -0.674. The van der Waals surface area contributed by atoms with Gasteiger partial charge in [0.15, 0.2) is 6.29 Å². The van der Waals surface area contributed by atoms with Gasteiger partial charge in [-0.15, -0.1) is 0 Å². The Bertz CT molecular complexity index is 765. The molecule has 2 unspecified atom stereocenters. The Balaban J connectivity index is 1.54. The predicted octanol–water partition coefficient (Wildman–Crippen LogP) is -1.36. The fourth-order valence-electron chi connectivity index (χ4n) is 4.14. The lowest BCUT2D eigenvalue weighted by Crippen LogP contribution is -2.60. The molecule has 0 saturated carbocycles. The van der Waals surface area contributed by atoms with Gasteiger partial charge >= 0.3 is 11.3 Å². The standard InChI is InChI=1S/C18H22O11S/c1-30-18(24)26-4-6-2-8-11-7(15(23)27-8)5-25-16(10(6)11)29-17-14(22)13(21)12(20)9(3-19)28-17/h2,5,8-14,16-17,19-22H,3-4H2,1H3/t8-,9+,10?,11?,12+,13-,14+,16-,17-/m0/s1. The van der Waals surface area contributed by atoms with Crippen LogP contribution in [-0.2, 0) is 28.5 Å². The number of hydrogen-bond donors (Lipinski definition) is 4. The van der Waals surface area contributed by atoms with Crippen molar-refractivity contribution < 1.29 is 53.7 Å². The smallest absolute Gasteiger partial charge is 0.367 e. The van der Waals surface area contributed by atoms with Gasteiger partial charge in [0.05, 0.1) is 24.4 Å². The second-order valence-electron chi connectivity index (χ2n) is 7.32. The summed E-state index contributed by atoms with van der Waals surface area (Å²) in [4.78, 5) is 23.6. The Morgan fingerprint density at radius 2 is 1.93 bits per heavy atom. The van der Waals surface area contributed by atoms with Crippen LogP contribution in [0.2, 0.25) is 0 Å². The average molecular weight is 446 g/mol. The predicted molar refractivity (Wildman–Crippen MR) is 97.6 cm³/mol. The van der Waals surface area contributed by atoms with Gasteiger partial charge in [-0.05, 0) is 29.7 Å². The Labute approximate surface area is 175 Å². The first-order chi connectivity index (χ1) is 14.3. The maximum Gasteiger partial charge on any atom is 0.367 e. The molecule has 2 fully saturated rings. The minimum atomic E-state index is -1.61. The Morgan fingerprint density at radius 3 is 2.63 bits per heavy atom. The van der Waals surface area contributed by atoms with Crippen molar-refractivity contribution in [1.82, 2.24) is 0 Å². The highest BCUT2D eigenvalue weighted by Gasteiger charge is 2.56. The van der Waals surface area contributed by atoms with Gasteiger partial charge in [0, 0.05) is 5.92 Å². The van der Waals surface area contributed by atoms with E-state index in [1.807, 2.05) is 0 Å². The summed E-state index contributed by atoms with van der Waals surface area (Å²) in [6.07, 6.45) is -4.47. The lowest BCUT2D eigenvalue weighted by atomic mass is 9.84. The van der Waals surface area contributed by atoms with Crippen LogP contribution < -0.4 is 0 Å². The molecule has 0 spiro atoms. The third kappa shape index (κ3) is 3.62. The van der Waals surface area contributed by atoms with E-state index in [4.69, 9.17) is 23.7 Å². The molecule has 0 amide bonds. The van der Waals surface area contributed by atoms with Gasteiger partial charge in [-0.1, -0.05) is 0 Å². The van der Waals surface area contributed by atoms with Crippen molar-refractivity contribution >= 4 is 23.0 Å². The molecule has 3 heterocycles. The molecule has 4 N–H and O–H groups in total. The molecule has 0 aromatic rings. The fourth-order valence-corrected chi connectivity index (χ4v) is 4.31. The van der Waals surface area contributed by atoms with E-state index in [2.05, 4.69) is 0 Å². The van der Waals surface area contributed by atoms with Crippen molar-refractivity contribution in [2.75, 3.05) is 19.5 Å². The van der Waals surface area contributed by atoms with Crippen molar-refractivity contribution in [2.24, 2.45) is 11.8 Å². The highest BCUT2D eigenvalue weighted by Crippen LogP contribution is 2.49. The van der Waals surface area contributed by atoms with Crippen LogP contribution in [0.5, 0.6) is 0 Å². The van der Waals surface area contributed by atoms with Gasteiger partial charge in [-0.3, -0.25) is 0 Å². The van der Waals surface area contributed by atoms with Crippen LogP contribution in [0.4, 0.5) is 4.79 Å². The van der Waals surface area contributed by atoms with E-state index < -0.39 is 72.8 Å². The Kier molecular flexibility index (Phi) is 6.08. The van der Waals surface area contributed by atoms with E-state index in [1.165, 1.54) is 6.26 Å². The van der Waals surface area contributed by atoms with E-state index >= 15 is 0 Å². The molecule has 30 heavy (non-hydrogen) atoms. The van der Waals surface area contributed by atoms with E-state index in [1.54, 1.807) is 12.3 Å². The summed E-state index contributed by atoms with van der Waals surface area (Å²) in [5.74, 6) is -1.52. The molecular formula is C18H22O11S. The van der Waals surface area contributed by atoms with Crippen molar-refractivity contribution in [2.45, 2.75) is 43.1 Å². The molecule has 0 aromatic heterocycles. The largest absolute Gasteiger partial charge is 0.471 e. The van der Waals surface area contributed by atoms with Gasteiger partial charge in [0.25, 0.3) is 0 Å². The number of ether oxygens (including phenoxy) is 5. The van der Waals surface area contributed by atoms with E-state index in [9.17, 15) is 30.0 Å². The van der Waals surface area contributed by atoms with Crippen molar-refractivity contribution in [3.05, 3.63) is 23.5 Å². The van der Waals surface area contributed by atoms with Crippen molar-refractivity contribution in [1.29, 1.82) is 0 Å². The summed E-state index contributed by atoms with van der Waals surface area (Å²) >= 11 is 0.910. The molecule has 11 nitrogen and oxygen atoms in total. The first-order valence-corrected chi connectivity index (χ1v) is 10.5. The molecule has 0 radical (unpaired) electrons. The SMILES string of the molecule is CSC(=O)OCC1=C[C@@H]2OC(=O)C3=CO[C@@H](O[C@@H]4O[C@H](CO)[C@@H](O)[C@H](O)[C@H]4O)C1C32. The number of aliphatic hydroxyl groups is 4. The van der Waals surface area contributed by atoms with Crippen LogP contribution in [0.15, 0.2) is 23.5 Å². The molecule has 12 heteroatoms. The molecule has 0 bridgehead atoms. The zero-order valence-electron chi connectivity index (χ0n) is 15.8. The normalized spacial score (nSPS) is 42.0. The fraction of sp³-hybridized carbons (Fsp3) is 0.667. The number of carbonyl (C=O) groups excluding carboxylic acids is 2. The molecule has 0 aromatic carbocycles. The van der Waals surface area contributed by atoms with Crippen LogP contribution in [0.1, 0.15) is 0 Å². The molecule has 9 atom stereocenters. The molecule has 166 valence electrons.